The van der Waals surface area contributed by atoms with Crippen LogP contribution in [0.5, 0.6) is 5.75 Å². The van der Waals surface area contributed by atoms with Gasteiger partial charge in [0.1, 0.15) is 11.4 Å². The van der Waals surface area contributed by atoms with Gasteiger partial charge in [-0.25, -0.2) is 4.79 Å². The molecule has 1 atom stereocenters. The number of halogens is 1. The minimum absolute atomic E-state index is 0.207. The van der Waals surface area contributed by atoms with E-state index in [0.717, 1.165) is 49.6 Å². The van der Waals surface area contributed by atoms with Crippen molar-refractivity contribution in [3.05, 3.63) is 28.2 Å². The zero-order chi connectivity index (χ0) is 17.3. The van der Waals surface area contributed by atoms with Gasteiger partial charge < -0.3 is 14.4 Å². The first-order valence-electron chi connectivity index (χ1n) is 8.44. The van der Waals surface area contributed by atoms with E-state index in [0.29, 0.717) is 5.92 Å². The van der Waals surface area contributed by atoms with E-state index in [2.05, 4.69) is 33.0 Å². The number of carbonyl (C=O) groups is 1. The lowest BCUT2D eigenvalue weighted by molar-refractivity contribution is 0.0139. The van der Waals surface area contributed by atoms with Crippen molar-refractivity contribution in [2.75, 3.05) is 39.3 Å². The summed E-state index contributed by atoms with van der Waals surface area (Å²) in [6.45, 7) is 10.6. The second-order valence-corrected chi connectivity index (χ2v) is 8.37. The summed E-state index contributed by atoms with van der Waals surface area (Å²) in [7, 11) is 0. The third-order valence-electron chi connectivity index (χ3n) is 4.36. The molecule has 2 aliphatic heterocycles. The molecule has 1 fully saturated rings. The molecule has 0 aliphatic carbocycles. The molecule has 2 aliphatic rings. The zero-order valence-electron chi connectivity index (χ0n) is 14.5. The molecule has 1 unspecified atom stereocenters. The predicted molar refractivity (Wildman–Crippen MR) is 96.6 cm³/mol. The van der Waals surface area contributed by atoms with Crippen molar-refractivity contribution < 1.29 is 14.3 Å². The molecule has 24 heavy (non-hydrogen) atoms. The number of fused-ring (bicyclic) bond motifs is 1. The topological polar surface area (TPSA) is 42.0 Å². The summed E-state index contributed by atoms with van der Waals surface area (Å²) >= 11 is 3.48. The maximum Gasteiger partial charge on any atom is 0.410 e. The summed E-state index contributed by atoms with van der Waals surface area (Å²) in [5.41, 5.74) is 0.848. The number of hydrogen-bond donors (Lipinski definition) is 0. The first kappa shape index (κ1) is 17.5. The lowest BCUT2D eigenvalue weighted by atomic mass is 10.0. The van der Waals surface area contributed by atoms with Crippen LogP contribution in [-0.4, -0.2) is 60.8 Å². The zero-order valence-corrected chi connectivity index (χ0v) is 16.1. The Morgan fingerprint density at radius 2 is 2.00 bits per heavy atom. The molecule has 1 aromatic carbocycles. The van der Waals surface area contributed by atoms with Crippen LogP contribution in [0, 0.1) is 0 Å². The van der Waals surface area contributed by atoms with E-state index in [1.54, 1.807) is 4.90 Å². The van der Waals surface area contributed by atoms with Crippen LogP contribution < -0.4 is 4.74 Å². The van der Waals surface area contributed by atoms with Crippen molar-refractivity contribution >= 4 is 22.0 Å². The third-order valence-corrected chi connectivity index (χ3v) is 4.85. The molecule has 6 heteroatoms. The molecular formula is C18H25BrN2O3. The Bertz CT molecular complexity index is 607. The molecule has 5 nitrogen and oxygen atoms in total. The average Bonchev–Trinajstić information content (AvgIpc) is 2.88. The fourth-order valence-electron chi connectivity index (χ4n) is 3.15. The van der Waals surface area contributed by atoms with Crippen LogP contribution in [0.4, 0.5) is 4.79 Å². The molecule has 0 saturated carbocycles. The second kappa shape index (κ2) is 6.92. The highest BCUT2D eigenvalue weighted by Gasteiger charge is 2.30. The minimum atomic E-state index is -0.437. The van der Waals surface area contributed by atoms with Gasteiger partial charge in [-0.1, -0.05) is 22.0 Å². The highest BCUT2D eigenvalue weighted by atomic mass is 79.9. The lowest BCUT2D eigenvalue weighted by Gasteiger charge is -2.36. The lowest BCUT2D eigenvalue weighted by Crippen LogP contribution is -2.50. The van der Waals surface area contributed by atoms with Crippen molar-refractivity contribution in [3.63, 3.8) is 0 Å². The smallest absolute Gasteiger partial charge is 0.410 e. The van der Waals surface area contributed by atoms with Crippen LogP contribution in [0.2, 0.25) is 0 Å². The highest BCUT2D eigenvalue weighted by molar-refractivity contribution is 9.10. The van der Waals surface area contributed by atoms with Gasteiger partial charge in [-0.15, -0.1) is 0 Å². The number of piperazine rings is 1. The van der Waals surface area contributed by atoms with Gasteiger partial charge in [0, 0.05) is 48.7 Å². The number of rotatable bonds is 2. The summed E-state index contributed by atoms with van der Waals surface area (Å²) in [6.07, 6.45) is -0.207. The van der Waals surface area contributed by atoms with Crippen molar-refractivity contribution in [1.29, 1.82) is 0 Å². The van der Waals surface area contributed by atoms with Gasteiger partial charge in [0.15, 0.2) is 0 Å². The van der Waals surface area contributed by atoms with Crippen LogP contribution in [0.25, 0.3) is 0 Å². The molecular weight excluding hydrogens is 372 g/mol. The highest BCUT2D eigenvalue weighted by Crippen LogP contribution is 2.36. The number of amides is 1. The Balaban J connectivity index is 1.51. The van der Waals surface area contributed by atoms with Crippen molar-refractivity contribution in [3.8, 4) is 5.75 Å². The van der Waals surface area contributed by atoms with Gasteiger partial charge in [-0.3, -0.25) is 4.90 Å². The fraction of sp³-hybridized carbons (Fsp3) is 0.611. The van der Waals surface area contributed by atoms with E-state index in [9.17, 15) is 4.79 Å². The Hall–Kier alpha value is -1.27. The van der Waals surface area contributed by atoms with Crippen LogP contribution in [0.3, 0.4) is 0 Å². The number of ether oxygens (including phenoxy) is 2. The number of hydrogen-bond acceptors (Lipinski definition) is 4. The molecule has 1 amide bonds. The summed E-state index contributed by atoms with van der Waals surface area (Å²) < 4.78 is 12.3. The van der Waals surface area contributed by atoms with E-state index in [1.165, 1.54) is 5.56 Å². The standard InChI is InChI=1S/C18H25BrN2O3/c1-18(2,3)24-17(22)21-8-6-20(7-9-21)11-13-12-23-16-10-14(19)4-5-15(13)16/h4-5,10,13H,6-9,11-12H2,1-3H3. The molecule has 3 rings (SSSR count). The SMILES string of the molecule is CC(C)(C)OC(=O)N1CCN(CC2COc3cc(Br)ccc32)CC1. The second-order valence-electron chi connectivity index (χ2n) is 7.46. The first-order valence-corrected chi connectivity index (χ1v) is 9.24. The molecule has 0 N–H and O–H groups in total. The predicted octanol–water partition coefficient (Wildman–Crippen LogP) is 3.48. The third kappa shape index (κ3) is 4.22. The molecule has 132 valence electrons. The monoisotopic (exact) mass is 396 g/mol. The number of benzene rings is 1. The molecule has 0 radical (unpaired) electrons. The van der Waals surface area contributed by atoms with E-state index < -0.39 is 5.60 Å². The molecule has 1 aromatic rings. The average molecular weight is 397 g/mol. The molecule has 0 aromatic heterocycles. The van der Waals surface area contributed by atoms with E-state index in [4.69, 9.17) is 9.47 Å². The quantitative estimate of drug-likeness (QED) is 0.767. The van der Waals surface area contributed by atoms with Crippen molar-refractivity contribution in [1.82, 2.24) is 9.80 Å². The van der Waals surface area contributed by atoms with Gasteiger partial charge in [0.05, 0.1) is 6.61 Å². The Kier molecular flexibility index (Phi) is 5.06. The normalized spacial score (nSPS) is 21.3. The van der Waals surface area contributed by atoms with E-state index in [1.807, 2.05) is 26.8 Å². The summed E-state index contributed by atoms with van der Waals surface area (Å²) in [5, 5.41) is 0. The number of carbonyl (C=O) groups excluding carboxylic acids is 1. The van der Waals surface area contributed by atoms with Crippen LogP contribution in [0.15, 0.2) is 22.7 Å². The largest absolute Gasteiger partial charge is 0.493 e. The fourth-order valence-corrected chi connectivity index (χ4v) is 3.49. The van der Waals surface area contributed by atoms with Gasteiger partial charge in [-0.05, 0) is 32.9 Å². The first-order chi connectivity index (χ1) is 11.3. The number of nitrogens with zero attached hydrogens (tertiary/aromatic N) is 2. The molecule has 0 spiro atoms. The Morgan fingerprint density at radius 3 is 2.67 bits per heavy atom. The van der Waals surface area contributed by atoms with Gasteiger partial charge in [0.25, 0.3) is 0 Å². The maximum atomic E-state index is 12.1. The maximum absolute atomic E-state index is 12.1. The summed E-state index contributed by atoms with van der Waals surface area (Å²) in [4.78, 5) is 16.3. The van der Waals surface area contributed by atoms with E-state index >= 15 is 0 Å². The van der Waals surface area contributed by atoms with Crippen molar-refractivity contribution in [2.45, 2.75) is 32.3 Å². The van der Waals surface area contributed by atoms with Crippen LogP contribution in [0.1, 0.15) is 32.3 Å². The minimum Gasteiger partial charge on any atom is -0.493 e. The van der Waals surface area contributed by atoms with Gasteiger partial charge in [-0.2, -0.15) is 0 Å². The molecule has 1 saturated heterocycles. The van der Waals surface area contributed by atoms with Crippen LogP contribution >= 0.6 is 15.9 Å². The van der Waals surface area contributed by atoms with Crippen molar-refractivity contribution in [2.24, 2.45) is 0 Å². The Morgan fingerprint density at radius 1 is 1.29 bits per heavy atom. The Labute approximate surface area is 152 Å². The molecule has 2 heterocycles. The van der Waals surface area contributed by atoms with Crippen LogP contribution in [-0.2, 0) is 4.74 Å². The molecule has 0 bridgehead atoms. The van der Waals surface area contributed by atoms with Gasteiger partial charge >= 0.3 is 6.09 Å². The summed E-state index contributed by atoms with van der Waals surface area (Å²) in [5.74, 6) is 1.39. The van der Waals surface area contributed by atoms with E-state index in [-0.39, 0.29) is 6.09 Å². The van der Waals surface area contributed by atoms with Gasteiger partial charge in [0.2, 0.25) is 0 Å². The summed E-state index contributed by atoms with van der Waals surface area (Å²) in [6, 6.07) is 6.25.